The number of amides is 1. The summed E-state index contributed by atoms with van der Waals surface area (Å²) in [6.45, 7) is 7.53. The van der Waals surface area contributed by atoms with Gasteiger partial charge in [-0.3, -0.25) is 5.32 Å². The predicted octanol–water partition coefficient (Wildman–Crippen LogP) is 5.48. The van der Waals surface area contributed by atoms with Crippen LogP contribution in [0.5, 0.6) is 11.6 Å². The molecule has 6 rings (SSSR count). The molecule has 1 fully saturated rings. The fourth-order valence-electron chi connectivity index (χ4n) is 4.50. The third-order valence-electron chi connectivity index (χ3n) is 6.82. The third-order valence-corrected chi connectivity index (χ3v) is 7.87. The summed E-state index contributed by atoms with van der Waals surface area (Å²) in [5.74, 6) is 0.314. The predicted molar refractivity (Wildman–Crippen MR) is 156 cm³/mol. The highest BCUT2D eigenvalue weighted by Crippen LogP contribution is 2.39. The molecule has 12 nitrogen and oxygen atoms in total. The number of ether oxygens (including phenoxy) is 3. The number of aliphatic hydroxyl groups is 1. The Bertz CT molecular complexity index is 1860. The van der Waals surface area contributed by atoms with E-state index < -0.39 is 24.1 Å². The summed E-state index contributed by atoms with van der Waals surface area (Å²) in [6, 6.07) is 6.18. The van der Waals surface area contributed by atoms with Crippen molar-refractivity contribution >= 4 is 50.1 Å². The monoisotopic (exact) mass is 601 g/mol. The molecule has 3 aromatic heterocycles. The van der Waals surface area contributed by atoms with Crippen LogP contribution in [-0.4, -0.2) is 62.0 Å². The number of aryl methyl sites for hydroxylation is 1. The third kappa shape index (κ3) is 5.99. The Morgan fingerprint density at radius 2 is 1.93 bits per heavy atom. The summed E-state index contributed by atoms with van der Waals surface area (Å²) in [6.07, 6.45) is 4.89. The fraction of sp³-hybridized carbons (Fsp3) is 0.276. The van der Waals surface area contributed by atoms with Gasteiger partial charge in [-0.15, -0.1) is 11.3 Å². The summed E-state index contributed by atoms with van der Waals surface area (Å²) >= 11 is 1.31. The number of halogens is 1. The Morgan fingerprint density at radius 1 is 1.12 bits per heavy atom. The molecule has 2 N–H and O–H groups in total. The summed E-state index contributed by atoms with van der Waals surface area (Å²) in [5.41, 5.74) is 2.79. The molecule has 0 saturated heterocycles. The van der Waals surface area contributed by atoms with E-state index >= 15 is 4.39 Å². The summed E-state index contributed by atoms with van der Waals surface area (Å²) < 4.78 is 32.4. The van der Waals surface area contributed by atoms with E-state index in [1.807, 2.05) is 0 Å². The van der Waals surface area contributed by atoms with Crippen molar-refractivity contribution < 1.29 is 28.5 Å². The van der Waals surface area contributed by atoms with Crippen molar-refractivity contribution in [1.82, 2.24) is 24.9 Å². The molecule has 14 heteroatoms. The molecule has 1 amide bonds. The lowest BCUT2D eigenvalue weighted by Gasteiger charge is -2.35. The van der Waals surface area contributed by atoms with Crippen LogP contribution in [-0.2, 0) is 11.2 Å². The van der Waals surface area contributed by atoms with Crippen LogP contribution in [0.2, 0.25) is 0 Å². The average molecular weight is 602 g/mol. The number of carbonyl (C=O) groups is 1. The summed E-state index contributed by atoms with van der Waals surface area (Å²) in [7, 11) is 1.49. The molecule has 43 heavy (non-hydrogen) atoms. The molecule has 1 aliphatic rings. The average Bonchev–Trinajstić information content (AvgIpc) is 3.43. The van der Waals surface area contributed by atoms with Crippen LogP contribution in [0.1, 0.15) is 25.1 Å². The number of nitrogens with zero attached hydrogens (tertiary/aromatic N) is 6. The second kappa shape index (κ2) is 12.1. The molecule has 218 valence electrons. The number of methoxy groups -OCH3 is 1. The first-order valence-electron chi connectivity index (χ1n) is 13.3. The van der Waals surface area contributed by atoms with Gasteiger partial charge in [0.05, 0.1) is 59.2 Å². The zero-order chi connectivity index (χ0) is 29.9. The standard InChI is InChI=1S/C29H24FN7O5S/c1-31-15-8-17(27-20(9-15)36-26(40-2)14-34-27)28-37-19-10-18(30)23(11-24(19)43-28)41-21-5-6-22(21)42-29(39)35-16-12-32-25(33-13-16)4-3-7-38/h8-14,21-22,38H,3-7H2,2H3,(H,35,39)/t21-,22+/m1/s1. The van der Waals surface area contributed by atoms with Gasteiger partial charge < -0.3 is 19.3 Å². The van der Waals surface area contributed by atoms with E-state index in [2.05, 4.69) is 35.1 Å². The van der Waals surface area contributed by atoms with Crippen LogP contribution in [0.4, 0.5) is 20.6 Å². The number of carbonyl (C=O) groups excluding carboxylic acids is 1. The Morgan fingerprint density at radius 3 is 2.65 bits per heavy atom. The summed E-state index contributed by atoms with van der Waals surface area (Å²) in [5, 5.41) is 12.1. The van der Waals surface area contributed by atoms with E-state index in [1.165, 1.54) is 43.1 Å². The van der Waals surface area contributed by atoms with Crippen LogP contribution in [0.3, 0.4) is 0 Å². The van der Waals surface area contributed by atoms with Crippen molar-refractivity contribution in [3.63, 3.8) is 0 Å². The normalized spacial score (nSPS) is 16.0. The molecule has 2 aromatic carbocycles. The Labute approximate surface area is 248 Å². The van der Waals surface area contributed by atoms with Crippen molar-refractivity contribution in [2.24, 2.45) is 0 Å². The minimum Gasteiger partial charge on any atom is -0.483 e. The number of aromatic nitrogens is 5. The maximum Gasteiger partial charge on any atom is 0.412 e. The van der Waals surface area contributed by atoms with Crippen LogP contribution in [0.15, 0.2) is 42.9 Å². The molecule has 1 aliphatic carbocycles. The second-order valence-corrected chi connectivity index (χ2v) is 10.7. The molecule has 0 spiro atoms. The number of hydrogen-bond acceptors (Lipinski definition) is 11. The van der Waals surface area contributed by atoms with E-state index in [-0.39, 0.29) is 12.4 Å². The van der Waals surface area contributed by atoms with Gasteiger partial charge in [-0.1, -0.05) is 0 Å². The molecule has 0 aliphatic heterocycles. The highest BCUT2D eigenvalue weighted by Gasteiger charge is 2.37. The zero-order valence-electron chi connectivity index (χ0n) is 22.8. The van der Waals surface area contributed by atoms with E-state index in [0.29, 0.717) is 80.6 Å². The molecule has 3 heterocycles. The smallest absolute Gasteiger partial charge is 0.412 e. The van der Waals surface area contributed by atoms with Gasteiger partial charge in [0.1, 0.15) is 23.0 Å². The lowest BCUT2D eigenvalue weighted by atomic mass is 9.92. The van der Waals surface area contributed by atoms with Crippen molar-refractivity contribution in [1.29, 1.82) is 0 Å². The van der Waals surface area contributed by atoms with Crippen LogP contribution in [0, 0.1) is 12.4 Å². The first-order chi connectivity index (χ1) is 20.9. The molecular formula is C29H24FN7O5S. The number of thiazole rings is 1. The lowest BCUT2D eigenvalue weighted by Crippen LogP contribution is -2.45. The van der Waals surface area contributed by atoms with Crippen molar-refractivity contribution in [3.8, 4) is 22.2 Å². The lowest BCUT2D eigenvalue weighted by molar-refractivity contribution is -0.0431. The van der Waals surface area contributed by atoms with Crippen molar-refractivity contribution in [2.75, 3.05) is 19.0 Å². The van der Waals surface area contributed by atoms with E-state index in [0.717, 1.165) is 0 Å². The number of hydrogen-bond donors (Lipinski definition) is 2. The Balaban J connectivity index is 1.16. The molecule has 0 bridgehead atoms. The van der Waals surface area contributed by atoms with Gasteiger partial charge in [0.2, 0.25) is 5.88 Å². The van der Waals surface area contributed by atoms with E-state index in [9.17, 15) is 4.79 Å². The maximum absolute atomic E-state index is 15.1. The number of nitrogens with one attached hydrogen (secondary N) is 1. The highest BCUT2D eigenvalue weighted by atomic mass is 32.1. The van der Waals surface area contributed by atoms with Crippen molar-refractivity contribution in [2.45, 2.75) is 37.9 Å². The topological polar surface area (TPSA) is 146 Å². The fourth-order valence-corrected chi connectivity index (χ4v) is 5.49. The van der Waals surface area contributed by atoms with E-state index in [1.54, 1.807) is 18.2 Å². The molecule has 2 atom stereocenters. The minimum absolute atomic E-state index is 0.0255. The number of aliphatic hydroxyl groups excluding tert-OH is 1. The van der Waals surface area contributed by atoms with Gasteiger partial charge >= 0.3 is 6.09 Å². The number of anilines is 1. The Hall–Kier alpha value is -5.00. The van der Waals surface area contributed by atoms with Gasteiger partial charge in [-0.25, -0.2) is 38.9 Å². The first kappa shape index (κ1) is 28.1. The SMILES string of the molecule is [C-]#[N+]c1cc(-c2nc3cc(F)c(O[C@@H]4CC[C@@H]4OC(=O)Nc4cnc(CCCO)nc4)cc3s2)c2ncc(OC)nc2c1. The second-order valence-electron chi connectivity index (χ2n) is 9.67. The van der Waals surface area contributed by atoms with Gasteiger partial charge in [0, 0.05) is 30.7 Å². The first-order valence-corrected chi connectivity index (χ1v) is 14.1. The summed E-state index contributed by atoms with van der Waals surface area (Å²) in [4.78, 5) is 37.7. The number of rotatable bonds is 9. The van der Waals surface area contributed by atoms with Gasteiger partial charge in [-0.2, -0.15) is 0 Å². The quantitative estimate of drug-likeness (QED) is 0.208. The highest BCUT2D eigenvalue weighted by molar-refractivity contribution is 7.21. The number of fused-ring (bicyclic) bond motifs is 2. The maximum atomic E-state index is 15.1. The Kier molecular flexibility index (Phi) is 7.91. The van der Waals surface area contributed by atoms with Gasteiger partial charge in [-0.05, 0) is 31.4 Å². The van der Waals surface area contributed by atoms with Gasteiger partial charge in [0.25, 0.3) is 0 Å². The van der Waals surface area contributed by atoms with Crippen molar-refractivity contribution in [3.05, 3.63) is 65.9 Å². The molecule has 5 aromatic rings. The van der Waals surface area contributed by atoms with Gasteiger partial charge in [0.15, 0.2) is 17.3 Å². The zero-order valence-corrected chi connectivity index (χ0v) is 23.6. The molecule has 1 saturated carbocycles. The van der Waals surface area contributed by atoms with Crippen LogP contribution in [0.25, 0.3) is 36.7 Å². The van der Waals surface area contributed by atoms with Crippen LogP contribution >= 0.6 is 11.3 Å². The van der Waals surface area contributed by atoms with Crippen LogP contribution < -0.4 is 14.8 Å². The molecular weight excluding hydrogens is 577 g/mol. The molecule has 0 radical (unpaired) electrons. The molecule has 0 unspecified atom stereocenters. The number of benzene rings is 2. The van der Waals surface area contributed by atoms with E-state index in [4.69, 9.17) is 25.9 Å². The minimum atomic E-state index is -0.692. The largest absolute Gasteiger partial charge is 0.483 e.